The number of para-hydroxylation sites is 1. The van der Waals surface area contributed by atoms with Crippen molar-refractivity contribution in [2.24, 2.45) is 0 Å². The molecule has 2 amide bonds. The highest BCUT2D eigenvalue weighted by molar-refractivity contribution is 6.05. The van der Waals surface area contributed by atoms with E-state index >= 15 is 0 Å². The number of ether oxygens (including phenoxy) is 2. The Kier molecular flexibility index (Phi) is 6.91. The lowest BCUT2D eigenvalue weighted by Gasteiger charge is -2.09. The Morgan fingerprint density at radius 3 is 2.38 bits per heavy atom. The van der Waals surface area contributed by atoms with Gasteiger partial charge in [-0.3, -0.25) is 14.6 Å². The second kappa shape index (κ2) is 10.0. The van der Waals surface area contributed by atoms with Crippen molar-refractivity contribution in [2.75, 3.05) is 25.6 Å². The summed E-state index contributed by atoms with van der Waals surface area (Å²) in [5, 5.41) is 5.46. The number of methoxy groups -OCH3 is 1. The van der Waals surface area contributed by atoms with Crippen LogP contribution in [0.15, 0.2) is 72.9 Å². The normalized spacial score (nSPS) is 10.2. The van der Waals surface area contributed by atoms with Crippen LogP contribution in [0.2, 0.25) is 0 Å². The van der Waals surface area contributed by atoms with Gasteiger partial charge in [0.1, 0.15) is 17.2 Å². The quantitative estimate of drug-likeness (QED) is 0.574. The largest absolute Gasteiger partial charge is 0.457 e. The van der Waals surface area contributed by atoms with Gasteiger partial charge < -0.3 is 20.1 Å². The summed E-state index contributed by atoms with van der Waals surface area (Å²) in [5.41, 5.74) is 1.11. The highest BCUT2D eigenvalue weighted by Gasteiger charge is 2.12. The molecule has 0 atom stereocenters. The van der Waals surface area contributed by atoms with E-state index in [0.29, 0.717) is 30.2 Å². The van der Waals surface area contributed by atoms with Gasteiger partial charge in [0.15, 0.2) is 0 Å². The van der Waals surface area contributed by atoms with Gasteiger partial charge in [0.25, 0.3) is 11.8 Å². The number of aromatic nitrogens is 1. The summed E-state index contributed by atoms with van der Waals surface area (Å²) in [6.07, 6.45) is 1.43. The van der Waals surface area contributed by atoms with Crippen LogP contribution in [0.1, 0.15) is 20.8 Å². The summed E-state index contributed by atoms with van der Waals surface area (Å²) < 4.78 is 10.6. The Balaban J connectivity index is 1.61. The molecule has 0 unspecified atom stereocenters. The summed E-state index contributed by atoms with van der Waals surface area (Å²) in [6, 6.07) is 19.5. The summed E-state index contributed by atoms with van der Waals surface area (Å²) in [5.74, 6) is 0.694. The van der Waals surface area contributed by atoms with Crippen LogP contribution < -0.4 is 15.4 Å². The third kappa shape index (κ3) is 5.88. The van der Waals surface area contributed by atoms with Crippen LogP contribution in [0.25, 0.3) is 0 Å². The first-order valence-corrected chi connectivity index (χ1v) is 9.03. The second-order valence-electron chi connectivity index (χ2n) is 6.07. The maximum Gasteiger partial charge on any atom is 0.269 e. The van der Waals surface area contributed by atoms with E-state index in [1.807, 2.05) is 30.3 Å². The number of hydrogen-bond donors (Lipinski definition) is 2. The second-order valence-corrected chi connectivity index (χ2v) is 6.07. The molecule has 0 saturated carbocycles. The molecule has 2 N–H and O–H groups in total. The van der Waals surface area contributed by atoms with Gasteiger partial charge in [-0.1, -0.05) is 18.2 Å². The highest BCUT2D eigenvalue weighted by Crippen LogP contribution is 2.22. The number of carbonyl (C=O) groups excluding carboxylic acids is 2. The van der Waals surface area contributed by atoms with Gasteiger partial charge in [-0.15, -0.1) is 0 Å². The van der Waals surface area contributed by atoms with Gasteiger partial charge in [0.2, 0.25) is 0 Å². The zero-order valence-electron chi connectivity index (χ0n) is 15.9. The summed E-state index contributed by atoms with van der Waals surface area (Å²) in [4.78, 5) is 28.6. The van der Waals surface area contributed by atoms with E-state index in [1.54, 1.807) is 37.4 Å². The van der Waals surface area contributed by atoms with Gasteiger partial charge >= 0.3 is 0 Å². The molecule has 3 rings (SSSR count). The van der Waals surface area contributed by atoms with Gasteiger partial charge in [0.05, 0.1) is 6.61 Å². The molecule has 0 fully saturated rings. The lowest BCUT2D eigenvalue weighted by molar-refractivity contribution is 0.0932. The Bertz CT molecular complexity index is 959. The van der Waals surface area contributed by atoms with Crippen molar-refractivity contribution in [3.63, 3.8) is 0 Å². The number of carbonyl (C=O) groups is 2. The third-order valence-corrected chi connectivity index (χ3v) is 3.94. The first-order valence-electron chi connectivity index (χ1n) is 9.03. The van der Waals surface area contributed by atoms with Crippen molar-refractivity contribution in [3.05, 3.63) is 84.2 Å². The highest BCUT2D eigenvalue weighted by atomic mass is 16.5. The summed E-state index contributed by atoms with van der Waals surface area (Å²) in [6.45, 7) is 0.765. The molecule has 0 spiro atoms. The molecule has 7 nitrogen and oxygen atoms in total. The van der Waals surface area contributed by atoms with Crippen LogP contribution in [0.3, 0.4) is 0 Å². The van der Waals surface area contributed by atoms with Crippen molar-refractivity contribution in [2.45, 2.75) is 0 Å². The van der Waals surface area contributed by atoms with E-state index in [1.165, 1.54) is 12.3 Å². The molecule has 148 valence electrons. The van der Waals surface area contributed by atoms with Crippen LogP contribution in [-0.4, -0.2) is 37.1 Å². The molecule has 1 heterocycles. The fourth-order valence-corrected chi connectivity index (χ4v) is 2.49. The zero-order valence-corrected chi connectivity index (χ0v) is 15.9. The smallest absolute Gasteiger partial charge is 0.269 e. The summed E-state index contributed by atoms with van der Waals surface area (Å²) >= 11 is 0. The van der Waals surface area contributed by atoms with Gasteiger partial charge in [0, 0.05) is 31.1 Å². The van der Waals surface area contributed by atoms with Crippen LogP contribution in [0, 0.1) is 0 Å². The number of hydrogen-bond acceptors (Lipinski definition) is 5. The number of amides is 2. The predicted molar refractivity (Wildman–Crippen MR) is 109 cm³/mol. The molecule has 29 heavy (non-hydrogen) atoms. The lowest BCUT2D eigenvalue weighted by Crippen LogP contribution is -2.28. The molecule has 7 heteroatoms. The molecule has 0 bridgehead atoms. The van der Waals surface area contributed by atoms with E-state index in [4.69, 9.17) is 9.47 Å². The minimum atomic E-state index is -0.362. The maximum absolute atomic E-state index is 12.5. The van der Waals surface area contributed by atoms with Crippen molar-refractivity contribution in [1.82, 2.24) is 10.3 Å². The van der Waals surface area contributed by atoms with Crippen LogP contribution >= 0.6 is 0 Å². The number of benzene rings is 2. The molecule has 3 aromatic rings. The Labute approximate surface area is 168 Å². The number of rotatable bonds is 8. The number of nitrogens with zero attached hydrogens (tertiary/aromatic N) is 1. The molecule has 0 aliphatic heterocycles. The predicted octanol–water partition coefficient (Wildman–Crippen LogP) is 3.50. The first-order chi connectivity index (χ1) is 14.2. The minimum absolute atomic E-state index is 0.167. The van der Waals surface area contributed by atoms with E-state index in [2.05, 4.69) is 15.6 Å². The Morgan fingerprint density at radius 2 is 1.66 bits per heavy atom. The van der Waals surface area contributed by atoms with Gasteiger partial charge in [-0.2, -0.15) is 0 Å². The van der Waals surface area contributed by atoms with Gasteiger partial charge in [-0.05, 0) is 48.5 Å². The van der Waals surface area contributed by atoms with Crippen molar-refractivity contribution in [1.29, 1.82) is 0 Å². The molecule has 0 radical (unpaired) electrons. The lowest BCUT2D eigenvalue weighted by atomic mass is 10.2. The van der Waals surface area contributed by atoms with Crippen molar-refractivity contribution < 1.29 is 19.1 Å². The average molecular weight is 391 g/mol. The molecule has 0 saturated heterocycles. The molecule has 2 aromatic carbocycles. The molecular weight excluding hydrogens is 370 g/mol. The third-order valence-electron chi connectivity index (χ3n) is 3.94. The van der Waals surface area contributed by atoms with E-state index < -0.39 is 0 Å². The summed E-state index contributed by atoms with van der Waals surface area (Å²) in [7, 11) is 1.55. The first kappa shape index (κ1) is 20.0. The minimum Gasteiger partial charge on any atom is -0.457 e. The van der Waals surface area contributed by atoms with Crippen molar-refractivity contribution >= 4 is 17.5 Å². The molecule has 0 aliphatic carbocycles. The van der Waals surface area contributed by atoms with E-state index in [-0.39, 0.29) is 17.5 Å². The zero-order chi connectivity index (χ0) is 20.5. The van der Waals surface area contributed by atoms with Crippen molar-refractivity contribution in [3.8, 4) is 11.5 Å². The monoisotopic (exact) mass is 391 g/mol. The average Bonchev–Trinajstić information content (AvgIpc) is 2.76. The standard InChI is InChI=1S/C22H21N3O4/c1-28-14-13-24-22(27)20-15-16(11-12-23-20)21(26)25-17-7-9-19(10-8-17)29-18-5-3-2-4-6-18/h2-12,15H,13-14H2,1H3,(H,24,27)(H,25,26). The Hall–Kier alpha value is -3.71. The number of anilines is 1. The maximum atomic E-state index is 12.5. The molecular formula is C22H21N3O4. The fraction of sp³-hybridized carbons (Fsp3) is 0.136. The van der Waals surface area contributed by atoms with Gasteiger partial charge in [-0.25, -0.2) is 0 Å². The number of pyridine rings is 1. The fourth-order valence-electron chi connectivity index (χ4n) is 2.49. The SMILES string of the molecule is COCCNC(=O)c1cc(C(=O)Nc2ccc(Oc3ccccc3)cc2)ccn1. The van der Waals surface area contributed by atoms with Crippen LogP contribution in [0.4, 0.5) is 5.69 Å². The molecule has 1 aromatic heterocycles. The molecule has 0 aliphatic rings. The number of nitrogens with one attached hydrogen (secondary N) is 2. The van der Waals surface area contributed by atoms with E-state index in [9.17, 15) is 9.59 Å². The Morgan fingerprint density at radius 1 is 0.931 bits per heavy atom. The topological polar surface area (TPSA) is 89.5 Å². The van der Waals surface area contributed by atoms with Crippen LogP contribution in [0.5, 0.6) is 11.5 Å². The van der Waals surface area contributed by atoms with Crippen LogP contribution in [-0.2, 0) is 4.74 Å². The van der Waals surface area contributed by atoms with E-state index in [0.717, 1.165) is 5.75 Å².